The van der Waals surface area contributed by atoms with E-state index in [9.17, 15) is 9.59 Å². The lowest BCUT2D eigenvalue weighted by Crippen LogP contribution is -2.30. The lowest BCUT2D eigenvalue weighted by atomic mass is 10.2. The summed E-state index contributed by atoms with van der Waals surface area (Å²) in [5.41, 5.74) is 0.785. The predicted octanol–water partition coefficient (Wildman–Crippen LogP) is 2.12. The molecular formula is C17H21NO6. The SMILES string of the molecule is COC(=O)/C(=C\C1COC(C)(C)O1)NC(=O)OCc1ccccc1. The highest BCUT2D eigenvalue weighted by Gasteiger charge is 2.32. The van der Waals surface area contributed by atoms with Crippen LogP contribution in [0.1, 0.15) is 19.4 Å². The van der Waals surface area contributed by atoms with Crippen molar-refractivity contribution >= 4 is 12.1 Å². The molecule has 24 heavy (non-hydrogen) atoms. The van der Waals surface area contributed by atoms with Gasteiger partial charge in [0.05, 0.1) is 13.7 Å². The zero-order valence-corrected chi connectivity index (χ0v) is 13.9. The first kappa shape index (κ1) is 18.0. The summed E-state index contributed by atoms with van der Waals surface area (Å²) in [6.07, 6.45) is 0.224. The van der Waals surface area contributed by atoms with E-state index in [1.54, 1.807) is 13.8 Å². The minimum Gasteiger partial charge on any atom is -0.464 e. The van der Waals surface area contributed by atoms with Crippen LogP contribution in [0.4, 0.5) is 4.79 Å². The van der Waals surface area contributed by atoms with Gasteiger partial charge < -0.3 is 18.9 Å². The Balaban J connectivity index is 1.95. The number of hydrogen-bond acceptors (Lipinski definition) is 6. The highest BCUT2D eigenvalue weighted by atomic mass is 16.7. The Bertz CT molecular complexity index is 611. The van der Waals surface area contributed by atoms with Crippen LogP contribution in [0.15, 0.2) is 42.1 Å². The molecule has 0 bridgehead atoms. The van der Waals surface area contributed by atoms with Crippen molar-refractivity contribution in [2.24, 2.45) is 0 Å². The van der Waals surface area contributed by atoms with E-state index in [0.717, 1.165) is 5.56 Å². The average molecular weight is 335 g/mol. The molecule has 1 aliphatic heterocycles. The highest BCUT2D eigenvalue weighted by molar-refractivity contribution is 5.92. The van der Waals surface area contributed by atoms with Crippen LogP contribution in [0.25, 0.3) is 0 Å². The third-order valence-electron chi connectivity index (χ3n) is 3.24. The van der Waals surface area contributed by atoms with Crippen LogP contribution in [0.5, 0.6) is 0 Å². The van der Waals surface area contributed by atoms with Crippen molar-refractivity contribution in [3.8, 4) is 0 Å². The molecule has 0 aliphatic carbocycles. The molecule has 1 aromatic carbocycles. The second-order valence-corrected chi connectivity index (χ2v) is 5.63. The summed E-state index contributed by atoms with van der Waals surface area (Å²) < 4.78 is 20.8. The molecule has 7 nitrogen and oxygen atoms in total. The fourth-order valence-electron chi connectivity index (χ4n) is 2.12. The summed E-state index contributed by atoms with van der Waals surface area (Å²) >= 11 is 0. The number of esters is 1. The molecule has 1 aliphatic rings. The Hall–Kier alpha value is -2.38. The van der Waals surface area contributed by atoms with Gasteiger partial charge in [0, 0.05) is 0 Å². The van der Waals surface area contributed by atoms with Gasteiger partial charge in [0.25, 0.3) is 0 Å². The van der Waals surface area contributed by atoms with Crippen LogP contribution in [0, 0.1) is 0 Å². The molecule has 1 heterocycles. The Kier molecular flexibility index (Phi) is 5.94. The number of hydrogen-bond donors (Lipinski definition) is 1. The van der Waals surface area contributed by atoms with Gasteiger partial charge in [0.15, 0.2) is 5.79 Å². The fraction of sp³-hybridized carbons (Fsp3) is 0.412. The number of nitrogens with one attached hydrogen (secondary N) is 1. The van der Waals surface area contributed by atoms with Gasteiger partial charge in [-0.1, -0.05) is 30.3 Å². The van der Waals surface area contributed by atoms with Crippen LogP contribution in [0.3, 0.4) is 0 Å². The van der Waals surface area contributed by atoms with Gasteiger partial charge in [-0.2, -0.15) is 0 Å². The molecule has 0 spiro atoms. The molecular weight excluding hydrogens is 314 g/mol. The Morgan fingerprint density at radius 3 is 2.62 bits per heavy atom. The van der Waals surface area contributed by atoms with Gasteiger partial charge >= 0.3 is 12.1 Å². The molecule has 1 atom stereocenters. The Morgan fingerprint density at radius 2 is 2.04 bits per heavy atom. The number of amides is 1. The summed E-state index contributed by atoms with van der Waals surface area (Å²) in [5.74, 6) is -1.43. The van der Waals surface area contributed by atoms with Crippen molar-refractivity contribution < 1.29 is 28.5 Å². The zero-order valence-electron chi connectivity index (χ0n) is 13.9. The molecule has 1 fully saturated rings. The Morgan fingerprint density at radius 1 is 1.33 bits per heavy atom. The number of methoxy groups -OCH3 is 1. The maximum atomic E-state index is 11.9. The van der Waals surface area contributed by atoms with Crippen molar-refractivity contribution in [3.63, 3.8) is 0 Å². The van der Waals surface area contributed by atoms with Crippen LogP contribution >= 0.6 is 0 Å². The predicted molar refractivity (Wildman–Crippen MR) is 84.8 cm³/mol. The minimum absolute atomic E-state index is 0.0538. The van der Waals surface area contributed by atoms with Crippen LogP contribution < -0.4 is 5.32 Å². The molecule has 7 heteroatoms. The maximum Gasteiger partial charge on any atom is 0.412 e. The van der Waals surface area contributed by atoms with E-state index >= 15 is 0 Å². The normalized spacial score (nSPS) is 19.6. The van der Waals surface area contributed by atoms with Crippen molar-refractivity contribution in [1.29, 1.82) is 0 Å². The van der Waals surface area contributed by atoms with Crippen LogP contribution in [-0.2, 0) is 30.3 Å². The summed E-state index contributed by atoms with van der Waals surface area (Å²) in [6.45, 7) is 3.89. The van der Waals surface area contributed by atoms with E-state index in [-0.39, 0.29) is 18.9 Å². The standard InChI is InChI=1S/C17H21NO6/c1-17(2)23-11-13(24-17)9-14(15(19)21-3)18-16(20)22-10-12-7-5-4-6-8-12/h4-9,13H,10-11H2,1-3H3,(H,18,20)/b14-9+. The number of carbonyl (C=O) groups is 2. The first-order chi connectivity index (χ1) is 11.4. The van der Waals surface area contributed by atoms with Gasteiger partial charge in [-0.25, -0.2) is 9.59 Å². The quantitative estimate of drug-likeness (QED) is 0.655. The van der Waals surface area contributed by atoms with E-state index < -0.39 is 24.0 Å². The molecule has 0 radical (unpaired) electrons. The highest BCUT2D eigenvalue weighted by Crippen LogP contribution is 2.23. The second kappa shape index (κ2) is 7.94. The number of alkyl carbamates (subject to hydrolysis) is 1. The molecule has 130 valence electrons. The van der Waals surface area contributed by atoms with Crippen molar-refractivity contribution in [3.05, 3.63) is 47.7 Å². The topological polar surface area (TPSA) is 83.1 Å². The van der Waals surface area contributed by atoms with Crippen LogP contribution in [-0.4, -0.2) is 37.7 Å². The Labute approximate surface area is 140 Å². The number of ether oxygens (including phenoxy) is 4. The van der Waals surface area contributed by atoms with E-state index in [0.29, 0.717) is 0 Å². The minimum atomic E-state index is -0.756. The van der Waals surface area contributed by atoms with E-state index in [4.69, 9.17) is 14.2 Å². The van der Waals surface area contributed by atoms with Crippen molar-refractivity contribution in [2.75, 3.05) is 13.7 Å². The average Bonchev–Trinajstić information content (AvgIpc) is 2.91. The molecule has 1 aromatic rings. The third-order valence-corrected chi connectivity index (χ3v) is 3.24. The third kappa shape index (κ3) is 5.36. The number of benzene rings is 1. The van der Waals surface area contributed by atoms with Gasteiger partial charge in [-0.3, -0.25) is 5.32 Å². The number of carbonyl (C=O) groups excluding carboxylic acids is 2. The van der Waals surface area contributed by atoms with E-state index in [2.05, 4.69) is 10.1 Å². The first-order valence-electron chi connectivity index (χ1n) is 7.49. The lowest BCUT2D eigenvalue weighted by molar-refractivity contribution is -0.138. The van der Waals surface area contributed by atoms with Crippen molar-refractivity contribution in [1.82, 2.24) is 5.32 Å². The van der Waals surface area contributed by atoms with Gasteiger partial charge in [0.1, 0.15) is 18.4 Å². The summed E-state index contributed by atoms with van der Waals surface area (Å²) in [4.78, 5) is 23.7. The van der Waals surface area contributed by atoms with Gasteiger partial charge in [-0.15, -0.1) is 0 Å². The number of rotatable bonds is 5. The van der Waals surface area contributed by atoms with Crippen molar-refractivity contribution in [2.45, 2.75) is 32.3 Å². The monoisotopic (exact) mass is 335 g/mol. The molecule has 1 unspecified atom stereocenters. The smallest absolute Gasteiger partial charge is 0.412 e. The molecule has 0 aromatic heterocycles. The second-order valence-electron chi connectivity index (χ2n) is 5.63. The summed E-state index contributed by atoms with van der Waals surface area (Å²) in [5, 5.41) is 2.38. The maximum absolute atomic E-state index is 11.9. The zero-order chi connectivity index (χ0) is 17.6. The van der Waals surface area contributed by atoms with Gasteiger partial charge in [-0.05, 0) is 25.5 Å². The van der Waals surface area contributed by atoms with Gasteiger partial charge in [0.2, 0.25) is 0 Å². The summed E-state index contributed by atoms with van der Waals surface area (Å²) in [6, 6.07) is 9.21. The fourth-order valence-corrected chi connectivity index (χ4v) is 2.12. The molecule has 1 amide bonds. The van der Waals surface area contributed by atoms with E-state index in [1.165, 1.54) is 13.2 Å². The molecule has 1 N–H and O–H groups in total. The van der Waals surface area contributed by atoms with Crippen LogP contribution in [0.2, 0.25) is 0 Å². The molecule has 0 saturated carbocycles. The summed E-state index contributed by atoms with van der Waals surface area (Å²) in [7, 11) is 1.23. The molecule has 1 saturated heterocycles. The lowest BCUT2D eigenvalue weighted by Gasteiger charge is -2.16. The molecule has 2 rings (SSSR count). The largest absolute Gasteiger partial charge is 0.464 e. The first-order valence-corrected chi connectivity index (χ1v) is 7.49. The van der Waals surface area contributed by atoms with E-state index in [1.807, 2.05) is 30.3 Å².